The second-order valence-corrected chi connectivity index (χ2v) is 6.72. The summed E-state index contributed by atoms with van der Waals surface area (Å²) in [6.07, 6.45) is 7.00. The Morgan fingerprint density at radius 2 is 2.14 bits per heavy atom. The molecule has 0 aliphatic heterocycles. The highest BCUT2D eigenvalue weighted by molar-refractivity contribution is 7.89. The first-order chi connectivity index (χ1) is 9.86. The number of non-ortho nitro benzene ring substituents is 1. The van der Waals surface area contributed by atoms with Gasteiger partial charge in [-0.1, -0.05) is 5.92 Å². The van der Waals surface area contributed by atoms with E-state index < -0.39 is 31.3 Å². The Bertz CT molecular complexity index is 707. The van der Waals surface area contributed by atoms with E-state index in [4.69, 9.17) is 6.42 Å². The van der Waals surface area contributed by atoms with Crippen molar-refractivity contribution >= 4 is 15.7 Å². The first-order valence-electron chi connectivity index (χ1n) is 6.24. The third-order valence-electron chi connectivity index (χ3n) is 3.17. The van der Waals surface area contributed by atoms with E-state index in [1.54, 1.807) is 0 Å². The maximum atomic E-state index is 13.9. The summed E-state index contributed by atoms with van der Waals surface area (Å²) >= 11 is 0. The van der Waals surface area contributed by atoms with Crippen LogP contribution in [0.3, 0.4) is 0 Å². The molecule has 0 unspecified atom stereocenters. The lowest BCUT2D eigenvalue weighted by molar-refractivity contribution is -0.385. The number of hydrogen-bond donors (Lipinski definition) is 0. The highest BCUT2D eigenvalue weighted by atomic mass is 32.2. The zero-order valence-corrected chi connectivity index (χ0v) is 11.8. The monoisotopic (exact) mass is 312 g/mol. The number of terminal acetylenes is 1. The zero-order chi connectivity index (χ0) is 15.6. The molecule has 0 bridgehead atoms. The predicted molar refractivity (Wildman–Crippen MR) is 73.4 cm³/mol. The van der Waals surface area contributed by atoms with Crippen molar-refractivity contribution < 1.29 is 17.7 Å². The fourth-order valence-electron chi connectivity index (χ4n) is 1.89. The molecule has 1 aliphatic rings. The fourth-order valence-corrected chi connectivity index (χ4v) is 3.36. The number of nitro groups is 1. The molecule has 0 N–H and O–H groups in total. The van der Waals surface area contributed by atoms with Gasteiger partial charge >= 0.3 is 0 Å². The Labute approximate surface area is 121 Å². The summed E-state index contributed by atoms with van der Waals surface area (Å²) in [5, 5.41) is 10.6. The normalized spacial score (nSPS) is 14.9. The van der Waals surface area contributed by atoms with E-state index >= 15 is 0 Å². The molecular formula is C13H13FN2O4S. The van der Waals surface area contributed by atoms with Gasteiger partial charge in [0.05, 0.1) is 17.5 Å². The van der Waals surface area contributed by atoms with Gasteiger partial charge in [-0.2, -0.15) is 4.31 Å². The molecule has 0 radical (unpaired) electrons. The topological polar surface area (TPSA) is 80.5 Å². The number of nitro benzene ring substituents is 1. The summed E-state index contributed by atoms with van der Waals surface area (Å²) in [6.45, 7) is 0.0816. The summed E-state index contributed by atoms with van der Waals surface area (Å²) in [5.41, 5.74) is -0.503. The molecule has 0 saturated heterocycles. The molecule has 0 amide bonds. The molecule has 112 valence electrons. The lowest BCUT2D eigenvalue weighted by atomic mass is 10.3. The van der Waals surface area contributed by atoms with Crippen LogP contribution in [0.2, 0.25) is 0 Å². The molecule has 2 rings (SSSR count). The Morgan fingerprint density at radius 1 is 1.48 bits per heavy atom. The standard InChI is InChI=1S/C13H13FN2O4S/c1-2-7-15(9-10-3-4-10)21(19,20)13-6-5-11(16(17)18)8-12(13)14/h1,5-6,8,10H,3-4,7,9H2. The third kappa shape index (κ3) is 3.37. The molecule has 1 aliphatic carbocycles. The van der Waals surface area contributed by atoms with E-state index in [1.165, 1.54) is 0 Å². The summed E-state index contributed by atoms with van der Waals surface area (Å²) in [7, 11) is -4.10. The zero-order valence-electron chi connectivity index (χ0n) is 11.0. The molecule has 21 heavy (non-hydrogen) atoms. The van der Waals surface area contributed by atoms with E-state index in [0.29, 0.717) is 6.07 Å². The van der Waals surface area contributed by atoms with Gasteiger partial charge in [-0.3, -0.25) is 10.1 Å². The second kappa shape index (κ2) is 5.79. The highest BCUT2D eigenvalue weighted by Gasteiger charge is 2.33. The molecule has 0 heterocycles. The van der Waals surface area contributed by atoms with Gasteiger partial charge in [-0.25, -0.2) is 12.8 Å². The fraction of sp³-hybridized carbons (Fsp3) is 0.385. The average Bonchev–Trinajstić information content (AvgIpc) is 3.21. The number of nitrogens with zero attached hydrogens (tertiary/aromatic N) is 2. The Kier molecular flexibility index (Phi) is 4.25. The smallest absolute Gasteiger partial charge is 0.258 e. The summed E-state index contributed by atoms with van der Waals surface area (Å²) in [6, 6.07) is 2.46. The predicted octanol–water partition coefficient (Wildman–Crippen LogP) is 1.77. The maximum Gasteiger partial charge on any atom is 0.272 e. The Hall–Kier alpha value is -1.98. The highest BCUT2D eigenvalue weighted by Crippen LogP contribution is 2.32. The van der Waals surface area contributed by atoms with Crippen molar-refractivity contribution in [3.05, 3.63) is 34.1 Å². The van der Waals surface area contributed by atoms with Gasteiger partial charge in [-0.05, 0) is 24.8 Å². The Morgan fingerprint density at radius 3 is 2.62 bits per heavy atom. The van der Waals surface area contributed by atoms with Crippen LogP contribution in [-0.2, 0) is 10.0 Å². The van der Waals surface area contributed by atoms with Gasteiger partial charge in [0.1, 0.15) is 10.7 Å². The lowest BCUT2D eigenvalue weighted by Crippen LogP contribution is -2.33. The van der Waals surface area contributed by atoms with Crippen molar-refractivity contribution in [1.29, 1.82) is 0 Å². The van der Waals surface area contributed by atoms with Crippen LogP contribution in [0, 0.1) is 34.2 Å². The van der Waals surface area contributed by atoms with Crippen molar-refractivity contribution in [2.24, 2.45) is 5.92 Å². The number of sulfonamides is 1. The van der Waals surface area contributed by atoms with Crippen LogP contribution in [0.15, 0.2) is 23.1 Å². The summed E-state index contributed by atoms with van der Waals surface area (Å²) < 4.78 is 39.8. The first kappa shape index (κ1) is 15.4. The molecule has 1 aromatic carbocycles. The van der Waals surface area contributed by atoms with E-state index in [2.05, 4.69) is 5.92 Å². The van der Waals surface area contributed by atoms with Gasteiger partial charge in [0.25, 0.3) is 5.69 Å². The molecule has 1 aromatic rings. The summed E-state index contributed by atoms with van der Waals surface area (Å²) in [4.78, 5) is 9.17. The second-order valence-electron chi connectivity index (χ2n) is 4.82. The minimum absolute atomic E-state index is 0.157. The van der Waals surface area contributed by atoms with Crippen LogP contribution < -0.4 is 0 Å². The van der Waals surface area contributed by atoms with E-state index in [-0.39, 0.29) is 19.0 Å². The van der Waals surface area contributed by atoms with Crippen LogP contribution in [-0.4, -0.2) is 30.7 Å². The molecule has 0 spiro atoms. The van der Waals surface area contributed by atoms with E-state index in [0.717, 1.165) is 29.3 Å². The summed E-state index contributed by atoms with van der Waals surface area (Å²) in [5.74, 6) is 1.34. The molecule has 1 saturated carbocycles. The Balaban J connectivity index is 2.37. The van der Waals surface area contributed by atoms with Crippen molar-refractivity contribution in [3.63, 3.8) is 0 Å². The van der Waals surface area contributed by atoms with E-state index in [1.807, 2.05) is 0 Å². The third-order valence-corrected chi connectivity index (χ3v) is 5.02. The number of rotatable bonds is 6. The maximum absolute atomic E-state index is 13.9. The average molecular weight is 312 g/mol. The van der Waals surface area contributed by atoms with Crippen LogP contribution in [0.4, 0.5) is 10.1 Å². The number of benzene rings is 1. The minimum Gasteiger partial charge on any atom is -0.258 e. The quantitative estimate of drug-likeness (QED) is 0.455. The van der Waals surface area contributed by atoms with E-state index in [9.17, 15) is 22.9 Å². The largest absolute Gasteiger partial charge is 0.272 e. The van der Waals surface area contributed by atoms with Gasteiger partial charge < -0.3 is 0 Å². The van der Waals surface area contributed by atoms with Crippen LogP contribution in [0.25, 0.3) is 0 Å². The first-order valence-corrected chi connectivity index (χ1v) is 7.68. The molecule has 0 aromatic heterocycles. The number of halogens is 1. The molecular weight excluding hydrogens is 299 g/mol. The SMILES string of the molecule is C#CCN(CC1CC1)S(=O)(=O)c1ccc([N+](=O)[O-])cc1F. The van der Waals surface area contributed by atoms with Gasteiger partial charge in [-0.15, -0.1) is 6.42 Å². The minimum atomic E-state index is -4.10. The number of hydrogen-bond acceptors (Lipinski definition) is 4. The van der Waals surface area contributed by atoms with Crippen LogP contribution in [0.5, 0.6) is 0 Å². The van der Waals surface area contributed by atoms with Gasteiger partial charge in [0.2, 0.25) is 10.0 Å². The van der Waals surface area contributed by atoms with Gasteiger partial charge in [0.15, 0.2) is 0 Å². The van der Waals surface area contributed by atoms with Gasteiger partial charge in [0, 0.05) is 12.6 Å². The lowest BCUT2D eigenvalue weighted by Gasteiger charge is -2.19. The molecule has 1 fully saturated rings. The van der Waals surface area contributed by atoms with Crippen molar-refractivity contribution in [2.75, 3.05) is 13.1 Å². The molecule has 6 nitrogen and oxygen atoms in total. The van der Waals surface area contributed by atoms with Crippen molar-refractivity contribution in [1.82, 2.24) is 4.31 Å². The van der Waals surface area contributed by atoms with Crippen LogP contribution in [0.1, 0.15) is 12.8 Å². The molecule has 8 heteroatoms. The van der Waals surface area contributed by atoms with Crippen molar-refractivity contribution in [3.8, 4) is 12.3 Å². The molecule has 0 atom stereocenters. The van der Waals surface area contributed by atoms with Crippen molar-refractivity contribution in [2.45, 2.75) is 17.7 Å². The van der Waals surface area contributed by atoms with Crippen LogP contribution >= 0.6 is 0 Å².